The highest BCUT2D eigenvalue weighted by atomic mass is 16.6. The fourth-order valence-corrected chi connectivity index (χ4v) is 7.63. The standard InChI is InChI=1S/C35H35N9O6/c45-31-6-5-29(33(46)37-31)43-34(47)25-3-1-23(18-26(25)35(43)48)41-11-8-21(9-12-41)20-40-13-15-42(16-14-40)30-17-22(7-10-36-30)32-27-19-24(44(49)50)2-4-28(27)38-39-32/h1-4,7,10,17-19,21,29H,5-6,8-9,11-16,20H2,(H,38,39)(H,37,45,46). The Morgan fingerprint density at radius 1 is 0.840 bits per heavy atom. The lowest BCUT2D eigenvalue weighted by molar-refractivity contribution is -0.384. The van der Waals surface area contributed by atoms with Crippen molar-refractivity contribution in [3.63, 3.8) is 0 Å². The third-order valence-corrected chi connectivity index (χ3v) is 10.4. The number of fused-ring (bicyclic) bond motifs is 2. The SMILES string of the molecule is O=C1CCC(N2C(=O)c3ccc(N4CCC(CN5CCN(c6cc(-c7n[nH]c8ccc([N+](=O)[O-])cc78)ccn6)CC5)CC4)cc3C2=O)C(=O)N1. The number of nitrogens with zero attached hydrogens (tertiary/aromatic N) is 7. The van der Waals surface area contributed by atoms with Gasteiger partial charge in [0, 0.05) is 87.2 Å². The van der Waals surface area contributed by atoms with E-state index in [9.17, 15) is 29.3 Å². The van der Waals surface area contributed by atoms with Gasteiger partial charge in [0.2, 0.25) is 11.8 Å². The van der Waals surface area contributed by atoms with Crippen molar-refractivity contribution < 1.29 is 24.1 Å². The fourth-order valence-electron chi connectivity index (χ4n) is 7.63. The molecule has 15 heteroatoms. The minimum absolute atomic E-state index is 0.0220. The molecule has 4 amide bonds. The molecule has 4 aliphatic heterocycles. The Morgan fingerprint density at radius 3 is 2.38 bits per heavy atom. The van der Waals surface area contributed by atoms with Crippen molar-refractivity contribution >= 4 is 51.7 Å². The van der Waals surface area contributed by atoms with Crippen LogP contribution in [0.15, 0.2) is 54.7 Å². The number of hydrogen-bond donors (Lipinski definition) is 2. The number of benzene rings is 2. The molecule has 15 nitrogen and oxygen atoms in total. The lowest BCUT2D eigenvalue weighted by Crippen LogP contribution is -2.54. The van der Waals surface area contributed by atoms with Crippen LogP contribution in [0.4, 0.5) is 17.2 Å². The zero-order valence-electron chi connectivity index (χ0n) is 27.2. The molecule has 8 rings (SSSR count). The third kappa shape index (κ3) is 5.72. The van der Waals surface area contributed by atoms with E-state index in [1.165, 1.54) is 6.07 Å². The first kappa shape index (κ1) is 31.6. The minimum Gasteiger partial charge on any atom is -0.371 e. The number of nitrogens with one attached hydrogen (secondary N) is 2. The smallest absolute Gasteiger partial charge is 0.270 e. The number of carbonyl (C=O) groups is 4. The van der Waals surface area contributed by atoms with Gasteiger partial charge >= 0.3 is 0 Å². The first-order chi connectivity index (χ1) is 24.2. The molecule has 2 aromatic carbocycles. The Labute approximate surface area is 286 Å². The van der Waals surface area contributed by atoms with Gasteiger partial charge in [-0.2, -0.15) is 5.10 Å². The van der Waals surface area contributed by atoms with Crippen LogP contribution < -0.4 is 15.1 Å². The van der Waals surface area contributed by atoms with Crippen LogP contribution in [0.25, 0.3) is 22.2 Å². The molecule has 3 saturated heterocycles. The highest BCUT2D eigenvalue weighted by molar-refractivity contribution is 6.23. The Morgan fingerprint density at radius 2 is 1.62 bits per heavy atom. The number of non-ortho nitro benzene ring substituents is 1. The Kier molecular flexibility index (Phi) is 7.98. The largest absolute Gasteiger partial charge is 0.371 e. The summed E-state index contributed by atoms with van der Waals surface area (Å²) in [5.74, 6) is -0.593. The van der Waals surface area contributed by atoms with Crippen LogP contribution in [0.1, 0.15) is 46.4 Å². The maximum atomic E-state index is 13.3. The molecule has 6 heterocycles. The van der Waals surface area contributed by atoms with Crippen LogP contribution in [0.2, 0.25) is 0 Å². The summed E-state index contributed by atoms with van der Waals surface area (Å²) in [6.07, 6.45) is 3.99. The molecule has 4 aliphatic rings. The molecule has 2 N–H and O–H groups in total. The van der Waals surface area contributed by atoms with Gasteiger partial charge in [-0.25, -0.2) is 4.98 Å². The molecule has 0 saturated carbocycles. The molecular formula is C35H35N9O6. The Balaban J connectivity index is 0.852. The normalized spacial score (nSPS) is 20.5. The van der Waals surface area contributed by atoms with E-state index >= 15 is 0 Å². The third-order valence-electron chi connectivity index (χ3n) is 10.4. The van der Waals surface area contributed by atoms with E-state index in [0.29, 0.717) is 28.1 Å². The van der Waals surface area contributed by atoms with Crippen molar-refractivity contribution in [2.75, 3.05) is 55.6 Å². The molecule has 4 aromatic rings. The summed E-state index contributed by atoms with van der Waals surface area (Å²) in [5, 5.41) is 21.7. The number of anilines is 2. The van der Waals surface area contributed by atoms with Crippen LogP contribution in [-0.2, 0) is 9.59 Å². The predicted molar refractivity (Wildman–Crippen MR) is 183 cm³/mol. The van der Waals surface area contributed by atoms with E-state index < -0.39 is 34.6 Å². The number of imide groups is 2. The lowest BCUT2D eigenvalue weighted by Gasteiger charge is -2.39. The molecule has 2 aromatic heterocycles. The van der Waals surface area contributed by atoms with E-state index in [-0.39, 0.29) is 18.5 Å². The molecule has 256 valence electrons. The van der Waals surface area contributed by atoms with E-state index in [1.54, 1.807) is 30.5 Å². The topological polar surface area (TPSA) is 178 Å². The number of aromatic nitrogens is 3. The second kappa shape index (κ2) is 12.6. The highest BCUT2D eigenvalue weighted by Crippen LogP contribution is 2.33. The molecule has 1 unspecified atom stereocenters. The molecule has 1 atom stereocenters. The zero-order valence-corrected chi connectivity index (χ0v) is 27.2. The molecule has 0 aliphatic carbocycles. The molecular weight excluding hydrogens is 642 g/mol. The summed E-state index contributed by atoms with van der Waals surface area (Å²) in [4.78, 5) is 73.9. The number of rotatable bonds is 7. The quantitative estimate of drug-likeness (QED) is 0.167. The summed E-state index contributed by atoms with van der Waals surface area (Å²) in [6, 6.07) is 12.9. The van der Waals surface area contributed by atoms with Gasteiger partial charge in [0.1, 0.15) is 17.6 Å². The fraction of sp³-hybridized carbons (Fsp3) is 0.371. The predicted octanol–water partition coefficient (Wildman–Crippen LogP) is 2.97. The first-order valence-electron chi connectivity index (χ1n) is 16.9. The van der Waals surface area contributed by atoms with Crippen molar-refractivity contribution in [2.45, 2.75) is 31.7 Å². The van der Waals surface area contributed by atoms with Gasteiger partial charge in [0.25, 0.3) is 17.5 Å². The van der Waals surface area contributed by atoms with Crippen molar-refractivity contribution in [3.05, 3.63) is 76.0 Å². The number of nitro benzene ring substituents is 1. The average Bonchev–Trinajstić information content (AvgIpc) is 3.66. The molecule has 0 spiro atoms. The van der Waals surface area contributed by atoms with E-state index in [4.69, 9.17) is 0 Å². The van der Waals surface area contributed by atoms with Gasteiger partial charge in [-0.1, -0.05) is 0 Å². The number of hydrogen-bond acceptors (Lipinski definition) is 11. The first-order valence-corrected chi connectivity index (χ1v) is 16.9. The number of pyridine rings is 1. The van der Waals surface area contributed by atoms with Crippen LogP contribution in [-0.4, -0.2) is 105 Å². The number of carbonyl (C=O) groups excluding carboxylic acids is 4. The summed E-state index contributed by atoms with van der Waals surface area (Å²) >= 11 is 0. The van der Waals surface area contributed by atoms with Crippen molar-refractivity contribution in [1.29, 1.82) is 0 Å². The molecule has 50 heavy (non-hydrogen) atoms. The number of H-pyrrole nitrogens is 1. The number of nitro groups is 1. The van der Waals surface area contributed by atoms with Crippen LogP contribution in [0.5, 0.6) is 0 Å². The van der Waals surface area contributed by atoms with Gasteiger partial charge in [-0.15, -0.1) is 0 Å². The van der Waals surface area contributed by atoms with E-state index in [2.05, 4.69) is 35.2 Å². The van der Waals surface area contributed by atoms with Crippen molar-refractivity contribution in [1.82, 2.24) is 30.3 Å². The number of amides is 4. The highest BCUT2D eigenvalue weighted by Gasteiger charge is 2.44. The monoisotopic (exact) mass is 677 g/mol. The van der Waals surface area contributed by atoms with Crippen LogP contribution in [0, 0.1) is 16.0 Å². The Bertz CT molecular complexity index is 2050. The Hall–Kier alpha value is -5.70. The summed E-state index contributed by atoms with van der Waals surface area (Å²) < 4.78 is 0. The lowest BCUT2D eigenvalue weighted by atomic mass is 9.95. The van der Waals surface area contributed by atoms with Gasteiger partial charge in [-0.3, -0.25) is 49.5 Å². The number of piperidine rings is 2. The van der Waals surface area contributed by atoms with E-state index in [1.807, 2.05) is 18.2 Å². The second-order valence-electron chi connectivity index (χ2n) is 13.4. The number of piperazine rings is 1. The zero-order chi connectivity index (χ0) is 34.5. The van der Waals surface area contributed by atoms with Gasteiger partial charge < -0.3 is 9.80 Å². The maximum absolute atomic E-state index is 13.3. The van der Waals surface area contributed by atoms with E-state index in [0.717, 1.165) is 86.1 Å². The molecule has 0 radical (unpaired) electrons. The molecule has 3 fully saturated rings. The summed E-state index contributed by atoms with van der Waals surface area (Å²) in [5.41, 5.74) is 3.75. The van der Waals surface area contributed by atoms with Gasteiger partial charge in [-0.05, 0) is 61.6 Å². The number of aromatic amines is 1. The molecule has 0 bridgehead atoms. The summed E-state index contributed by atoms with van der Waals surface area (Å²) in [6.45, 7) is 6.17. The van der Waals surface area contributed by atoms with Gasteiger partial charge in [0.15, 0.2) is 0 Å². The van der Waals surface area contributed by atoms with Crippen molar-refractivity contribution in [2.24, 2.45) is 5.92 Å². The van der Waals surface area contributed by atoms with Crippen LogP contribution in [0.3, 0.4) is 0 Å². The maximum Gasteiger partial charge on any atom is 0.270 e. The second-order valence-corrected chi connectivity index (χ2v) is 13.4. The van der Waals surface area contributed by atoms with Crippen molar-refractivity contribution in [3.8, 4) is 11.3 Å². The summed E-state index contributed by atoms with van der Waals surface area (Å²) in [7, 11) is 0. The van der Waals surface area contributed by atoms with Crippen LogP contribution >= 0.6 is 0 Å². The van der Waals surface area contributed by atoms with Gasteiger partial charge in [0.05, 0.1) is 21.6 Å². The minimum atomic E-state index is -0.974. The average molecular weight is 678 g/mol.